The van der Waals surface area contributed by atoms with Crippen LogP contribution in [-0.2, 0) is 4.79 Å². The molecule has 21 heavy (non-hydrogen) atoms. The van der Waals surface area contributed by atoms with Gasteiger partial charge in [-0.3, -0.25) is 4.79 Å². The molecular formula is C14H18ClFN2O3. The van der Waals surface area contributed by atoms with Crippen LogP contribution in [0.2, 0.25) is 5.02 Å². The largest absolute Gasteiger partial charge is 0.481 e. The van der Waals surface area contributed by atoms with E-state index in [4.69, 9.17) is 16.7 Å². The average molecular weight is 317 g/mol. The van der Waals surface area contributed by atoms with Crippen molar-refractivity contribution in [2.75, 3.05) is 11.9 Å². The zero-order chi connectivity index (χ0) is 16.2. The Morgan fingerprint density at radius 1 is 1.38 bits per heavy atom. The average Bonchev–Trinajstić information content (AvgIpc) is 2.32. The summed E-state index contributed by atoms with van der Waals surface area (Å²) in [7, 11) is 0. The number of carboxylic acid groups (broad SMARTS) is 1. The summed E-state index contributed by atoms with van der Waals surface area (Å²) >= 11 is 5.85. The minimum atomic E-state index is -1.01. The number of urea groups is 1. The fourth-order valence-electron chi connectivity index (χ4n) is 1.74. The van der Waals surface area contributed by atoms with Crippen LogP contribution in [0.3, 0.4) is 0 Å². The highest BCUT2D eigenvalue weighted by atomic mass is 35.5. The van der Waals surface area contributed by atoms with Gasteiger partial charge in [0.1, 0.15) is 5.82 Å². The second kappa shape index (κ2) is 6.76. The molecule has 5 nitrogen and oxygen atoms in total. The van der Waals surface area contributed by atoms with E-state index in [1.807, 2.05) is 0 Å². The van der Waals surface area contributed by atoms with Gasteiger partial charge in [0.05, 0.1) is 17.1 Å². The van der Waals surface area contributed by atoms with Gasteiger partial charge in [0, 0.05) is 12.1 Å². The maximum atomic E-state index is 13.7. The van der Waals surface area contributed by atoms with Crippen molar-refractivity contribution >= 4 is 29.3 Å². The number of amides is 2. The third-order valence-electron chi connectivity index (χ3n) is 2.80. The third-order valence-corrected chi connectivity index (χ3v) is 3.11. The van der Waals surface area contributed by atoms with Gasteiger partial charge in [0.15, 0.2) is 0 Å². The van der Waals surface area contributed by atoms with Gasteiger partial charge >= 0.3 is 12.0 Å². The molecule has 0 fully saturated rings. The van der Waals surface area contributed by atoms with Gasteiger partial charge < -0.3 is 15.3 Å². The number of carbonyl (C=O) groups excluding carboxylic acids is 1. The van der Waals surface area contributed by atoms with Gasteiger partial charge in [-0.05, 0) is 32.9 Å². The first-order valence-electron chi connectivity index (χ1n) is 6.37. The van der Waals surface area contributed by atoms with Crippen molar-refractivity contribution in [1.29, 1.82) is 0 Å². The minimum absolute atomic E-state index is 0.0107. The van der Waals surface area contributed by atoms with E-state index in [1.165, 1.54) is 23.1 Å². The number of nitrogens with zero attached hydrogens (tertiary/aromatic N) is 1. The molecule has 0 saturated carbocycles. The van der Waals surface area contributed by atoms with Gasteiger partial charge in [0.25, 0.3) is 0 Å². The predicted octanol–water partition coefficient (Wildman–Crippen LogP) is 3.59. The maximum absolute atomic E-state index is 13.7. The molecule has 0 unspecified atom stereocenters. The lowest BCUT2D eigenvalue weighted by molar-refractivity contribution is -0.137. The highest BCUT2D eigenvalue weighted by Crippen LogP contribution is 2.26. The third kappa shape index (κ3) is 4.90. The quantitative estimate of drug-likeness (QED) is 0.892. The first-order valence-corrected chi connectivity index (χ1v) is 6.75. The number of carboxylic acids is 1. The molecule has 0 aliphatic rings. The number of benzene rings is 1. The highest BCUT2D eigenvalue weighted by Gasteiger charge is 2.27. The minimum Gasteiger partial charge on any atom is -0.481 e. The van der Waals surface area contributed by atoms with Crippen molar-refractivity contribution < 1.29 is 19.1 Å². The zero-order valence-corrected chi connectivity index (χ0v) is 12.9. The van der Waals surface area contributed by atoms with Gasteiger partial charge in [-0.25, -0.2) is 9.18 Å². The van der Waals surface area contributed by atoms with Crippen molar-refractivity contribution in [2.24, 2.45) is 0 Å². The Morgan fingerprint density at radius 2 is 2.00 bits per heavy atom. The van der Waals surface area contributed by atoms with Gasteiger partial charge in [-0.2, -0.15) is 0 Å². The highest BCUT2D eigenvalue weighted by molar-refractivity contribution is 6.33. The lowest BCUT2D eigenvalue weighted by atomic mass is 10.1. The smallest absolute Gasteiger partial charge is 0.322 e. The van der Waals surface area contributed by atoms with E-state index >= 15 is 0 Å². The van der Waals surface area contributed by atoms with Crippen molar-refractivity contribution in [3.8, 4) is 0 Å². The number of aliphatic carboxylic acids is 1. The molecule has 0 aliphatic carbocycles. The summed E-state index contributed by atoms with van der Waals surface area (Å²) in [4.78, 5) is 24.3. The molecule has 1 aromatic rings. The van der Waals surface area contributed by atoms with E-state index in [9.17, 15) is 14.0 Å². The summed E-state index contributed by atoms with van der Waals surface area (Å²) in [6.45, 7) is 5.29. The molecule has 0 heterocycles. The number of halogens is 2. The fourth-order valence-corrected chi connectivity index (χ4v) is 1.95. The molecule has 2 amide bonds. The zero-order valence-electron chi connectivity index (χ0n) is 12.1. The molecule has 0 spiro atoms. The Balaban J connectivity index is 2.93. The Morgan fingerprint density at radius 3 is 2.48 bits per heavy atom. The summed E-state index contributed by atoms with van der Waals surface area (Å²) in [6.07, 6.45) is -0.199. The Kier molecular flexibility index (Phi) is 5.54. The topological polar surface area (TPSA) is 69.6 Å². The molecule has 0 bridgehead atoms. The summed E-state index contributed by atoms with van der Waals surface area (Å²) in [5.74, 6) is -1.66. The molecule has 1 aromatic carbocycles. The molecule has 7 heteroatoms. The van der Waals surface area contributed by atoms with Crippen molar-refractivity contribution in [3.63, 3.8) is 0 Å². The van der Waals surface area contributed by atoms with E-state index in [1.54, 1.807) is 20.8 Å². The molecule has 0 atom stereocenters. The van der Waals surface area contributed by atoms with Crippen LogP contribution >= 0.6 is 11.6 Å². The Bertz CT molecular complexity index is 523. The van der Waals surface area contributed by atoms with E-state index in [-0.39, 0.29) is 23.7 Å². The van der Waals surface area contributed by atoms with Crippen LogP contribution < -0.4 is 5.32 Å². The van der Waals surface area contributed by atoms with Gasteiger partial charge in [-0.1, -0.05) is 17.7 Å². The van der Waals surface area contributed by atoms with E-state index in [0.717, 1.165) is 0 Å². The van der Waals surface area contributed by atoms with Crippen LogP contribution in [0.4, 0.5) is 14.9 Å². The molecule has 116 valence electrons. The normalized spacial score (nSPS) is 11.1. The molecule has 1 rings (SSSR count). The Hall–Kier alpha value is -1.82. The number of hydrogen-bond donors (Lipinski definition) is 2. The standard InChI is InChI=1S/C14H18ClFN2O3/c1-14(2,3)18(8-7-11(19)20)13(21)17-12-9(15)5-4-6-10(12)16/h4-6H,7-8H2,1-3H3,(H,17,21)(H,19,20). The van der Waals surface area contributed by atoms with Crippen LogP contribution in [0.5, 0.6) is 0 Å². The number of para-hydroxylation sites is 1. The SMILES string of the molecule is CC(C)(C)N(CCC(=O)O)C(=O)Nc1c(F)cccc1Cl. The Labute approximate surface area is 127 Å². The molecule has 2 N–H and O–H groups in total. The van der Waals surface area contributed by atoms with Crippen LogP contribution in [0.1, 0.15) is 27.2 Å². The van der Waals surface area contributed by atoms with Crippen LogP contribution in [-0.4, -0.2) is 34.1 Å². The summed E-state index contributed by atoms with van der Waals surface area (Å²) < 4.78 is 13.7. The fraction of sp³-hybridized carbons (Fsp3) is 0.429. The van der Waals surface area contributed by atoms with Crippen molar-refractivity contribution in [1.82, 2.24) is 4.90 Å². The van der Waals surface area contributed by atoms with Gasteiger partial charge in [-0.15, -0.1) is 0 Å². The predicted molar refractivity (Wildman–Crippen MR) is 79.1 cm³/mol. The first-order chi connectivity index (χ1) is 9.62. The van der Waals surface area contributed by atoms with Crippen LogP contribution in [0.15, 0.2) is 18.2 Å². The van der Waals surface area contributed by atoms with Gasteiger partial charge in [0.2, 0.25) is 0 Å². The summed E-state index contributed by atoms with van der Waals surface area (Å²) in [5, 5.41) is 11.2. The number of hydrogen-bond acceptors (Lipinski definition) is 2. The summed E-state index contributed by atoms with van der Waals surface area (Å²) in [5.41, 5.74) is -0.731. The number of anilines is 1. The van der Waals surface area contributed by atoms with Crippen LogP contribution in [0.25, 0.3) is 0 Å². The van der Waals surface area contributed by atoms with E-state index < -0.39 is 23.4 Å². The molecule has 0 radical (unpaired) electrons. The van der Waals surface area contributed by atoms with Crippen LogP contribution in [0, 0.1) is 5.82 Å². The second-order valence-electron chi connectivity index (χ2n) is 5.49. The van der Waals surface area contributed by atoms with E-state index in [2.05, 4.69) is 5.32 Å². The second-order valence-corrected chi connectivity index (χ2v) is 5.90. The maximum Gasteiger partial charge on any atom is 0.322 e. The molecular weight excluding hydrogens is 299 g/mol. The lowest BCUT2D eigenvalue weighted by Gasteiger charge is -2.35. The van der Waals surface area contributed by atoms with Crippen molar-refractivity contribution in [2.45, 2.75) is 32.7 Å². The van der Waals surface area contributed by atoms with Crippen molar-refractivity contribution in [3.05, 3.63) is 29.0 Å². The van der Waals surface area contributed by atoms with E-state index in [0.29, 0.717) is 0 Å². The first kappa shape index (κ1) is 17.2. The number of rotatable bonds is 4. The monoisotopic (exact) mass is 316 g/mol. The lowest BCUT2D eigenvalue weighted by Crippen LogP contribution is -2.48. The number of carbonyl (C=O) groups is 2. The summed E-state index contributed by atoms with van der Waals surface area (Å²) in [6, 6.07) is 3.47. The molecule has 0 saturated heterocycles. The molecule has 0 aromatic heterocycles. The number of nitrogens with one attached hydrogen (secondary N) is 1. The molecule has 0 aliphatic heterocycles.